The van der Waals surface area contributed by atoms with E-state index in [0.29, 0.717) is 11.4 Å². The van der Waals surface area contributed by atoms with Crippen molar-refractivity contribution in [3.63, 3.8) is 0 Å². The van der Waals surface area contributed by atoms with Gasteiger partial charge in [-0.2, -0.15) is 39.5 Å². The SMILES string of the molecule is FC(F)(F)c1cccc(N(c2ccccc2)c2ccc(N(c3cccc(C(F)(F)F)c3)c3cccc(C(F)(F)F)c3)cc2)c1. The third kappa shape index (κ3) is 6.66. The van der Waals surface area contributed by atoms with Gasteiger partial charge in [0.25, 0.3) is 0 Å². The van der Waals surface area contributed by atoms with E-state index in [1.54, 1.807) is 35.2 Å². The van der Waals surface area contributed by atoms with E-state index < -0.39 is 35.2 Å². The second-order valence-electron chi connectivity index (χ2n) is 9.67. The number of hydrogen-bond acceptors (Lipinski definition) is 2. The summed E-state index contributed by atoms with van der Waals surface area (Å²) in [7, 11) is 0. The zero-order valence-corrected chi connectivity index (χ0v) is 22.4. The molecule has 0 atom stereocenters. The van der Waals surface area contributed by atoms with Gasteiger partial charge >= 0.3 is 18.5 Å². The largest absolute Gasteiger partial charge is 0.416 e. The summed E-state index contributed by atoms with van der Waals surface area (Å²) in [5.74, 6) is 0. The summed E-state index contributed by atoms with van der Waals surface area (Å²) < 4.78 is 122. The van der Waals surface area contributed by atoms with Crippen molar-refractivity contribution < 1.29 is 39.5 Å². The molecule has 0 heterocycles. The summed E-state index contributed by atoms with van der Waals surface area (Å²) in [6.07, 6.45) is -14.0. The molecule has 0 unspecified atom stereocenters. The Bertz CT molecular complexity index is 1670. The molecule has 5 rings (SSSR count). The van der Waals surface area contributed by atoms with Gasteiger partial charge in [0.2, 0.25) is 0 Å². The standard InChI is InChI=1S/C33H21F9N2/c34-31(35,36)22-7-4-12-28(19-22)43(25-10-2-1-3-11-25)26-15-17-27(18-16-26)44(29-13-5-8-23(20-29)32(37,38)39)30-14-6-9-24(21-30)33(40,41)42/h1-21H. The Kier molecular flexibility index (Phi) is 8.07. The first-order valence-corrected chi connectivity index (χ1v) is 13.0. The molecule has 0 spiro atoms. The molecule has 0 amide bonds. The zero-order valence-electron chi connectivity index (χ0n) is 22.4. The predicted octanol–water partition coefficient (Wildman–Crippen LogP) is 11.7. The number of nitrogens with zero attached hydrogens (tertiary/aromatic N) is 2. The van der Waals surface area contributed by atoms with Crippen molar-refractivity contribution in [2.24, 2.45) is 0 Å². The highest BCUT2D eigenvalue weighted by Crippen LogP contribution is 2.43. The molecule has 2 nitrogen and oxygen atoms in total. The first-order valence-electron chi connectivity index (χ1n) is 13.0. The number of alkyl halides is 9. The van der Waals surface area contributed by atoms with Crippen LogP contribution in [0, 0.1) is 0 Å². The number of rotatable bonds is 6. The van der Waals surface area contributed by atoms with Gasteiger partial charge in [-0.25, -0.2) is 0 Å². The molecule has 0 aliphatic heterocycles. The monoisotopic (exact) mass is 616 g/mol. The maximum Gasteiger partial charge on any atom is 0.416 e. The van der Waals surface area contributed by atoms with Crippen molar-refractivity contribution in [2.75, 3.05) is 9.80 Å². The fraction of sp³-hybridized carbons (Fsp3) is 0.0909. The van der Waals surface area contributed by atoms with Gasteiger partial charge in [-0.05, 0) is 91.0 Å². The molecule has 0 fully saturated rings. The summed E-state index contributed by atoms with van der Waals surface area (Å²) in [6.45, 7) is 0. The maximum atomic E-state index is 13.6. The quantitative estimate of drug-likeness (QED) is 0.175. The van der Waals surface area contributed by atoms with Crippen molar-refractivity contribution in [1.82, 2.24) is 0 Å². The molecule has 11 heteroatoms. The molecule has 0 bridgehead atoms. The van der Waals surface area contributed by atoms with Crippen molar-refractivity contribution in [2.45, 2.75) is 18.5 Å². The Balaban J connectivity index is 1.64. The minimum Gasteiger partial charge on any atom is -0.310 e. The maximum absolute atomic E-state index is 13.6. The second kappa shape index (κ2) is 11.6. The molecule has 44 heavy (non-hydrogen) atoms. The smallest absolute Gasteiger partial charge is 0.310 e. The van der Waals surface area contributed by atoms with Gasteiger partial charge in [-0.1, -0.05) is 36.4 Å². The topological polar surface area (TPSA) is 6.48 Å². The molecule has 0 aliphatic carbocycles. The van der Waals surface area contributed by atoms with Crippen molar-refractivity contribution >= 4 is 34.1 Å². The fourth-order valence-corrected chi connectivity index (χ4v) is 4.69. The number of anilines is 6. The summed E-state index contributed by atoms with van der Waals surface area (Å²) in [5, 5.41) is 0. The van der Waals surface area contributed by atoms with Crippen LogP contribution in [0.5, 0.6) is 0 Å². The van der Waals surface area contributed by atoms with Crippen LogP contribution in [0.4, 0.5) is 73.6 Å². The second-order valence-corrected chi connectivity index (χ2v) is 9.67. The molecular formula is C33H21F9N2. The van der Waals surface area contributed by atoms with E-state index >= 15 is 0 Å². The lowest BCUT2D eigenvalue weighted by atomic mass is 10.1. The molecule has 5 aromatic rings. The van der Waals surface area contributed by atoms with Gasteiger partial charge in [0, 0.05) is 34.1 Å². The first kappa shape index (κ1) is 30.5. The highest BCUT2D eigenvalue weighted by atomic mass is 19.4. The lowest BCUT2D eigenvalue weighted by molar-refractivity contribution is -0.138. The molecule has 0 saturated carbocycles. The van der Waals surface area contributed by atoms with Gasteiger partial charge in [0.15, 0.2) is 0 Å². The van der Waals surface area contributed by atoms with E-state index in [9.17, 15) is 39.5 Å². The summed E-state index contributed by atoms with van der Waals surface area (Å²) >= 11 is 0. The Morgan fingerprint density at radius 1 is 0.295 bits per heavy atom. The lowest BCUT2D eigenvalue weighted by Gasteiger charge is -2.29. The average Bonchev–Trinajstić information content (AvgIpc) is 2.98. The highest BCUT2D eigenvalue weighted by molar-refractivity contribution is 5.81. The van der Waals surface area contributed by atoms with Crippen LogP contribution in [0.25, 0.3) is 0 Å². The minimum atomic E-state index is -4.71. The average molecular weight is 617 g/mol. The fourth-order valence-electron chi connectivity index (χ4n) is 4.69. The van der Waals surface area contributed by atoms with E-state index in [2.05, 4.69) is 0 Å². The van der Waals surface area contributed by atoms with E-state index in [1.807, 2.05) is 0 Å². The molecular weight excluding hydrogens is 595 g/mol. The first-order chi connectivity index (χ1) is 20.7. The van der Waals surface area contributed by atoms with Crippen LogP contribution in [-0.4, -0.2) is 0 Å². The molecule has 0 aliphatic rings. The van der Waals surface area contributed by atoms with Gasteiger partial charge in [0.05, 0.1) is 16.7 Å². The Hall–Kier alpha value is -4.93. The normalized spacial score (nSPS) is 12.2. The molecule has 0 radical (unpaired) electrons. The summed E-state index contributed by atoms with van der Waals surface area (Å²) in [5.41, 5.74) is -1.65. The number of benzene rings is 5. The van der Waals surface area contributed by atoms with Crippen LogP contribution in [0.3, 0.4) is 0 Å². The van der Waals surface area contributed by atoms with Crippen LogP contribution >= 0.6 is 0 Å². The van der Waals surface area contributed by atoms with E-state index in [-0.39, 0.29) is 22.7 Å². The number of hydrogen-bond donors (Lipinski definition) is 0. The van der Waals surface area contributed by atoms with Gasteiger partial charge in [-0.3, -0.25) is 0 Å². The molecule has 0 saturated heterocycles. The van der Waals surface area contributed by atoms with E-state index in [1.165, 1.54) is 53.4 Å². The highest BCUT2D eigenvalue weighted by Gasteiger charge is 2.33. The number of halogens is 9. The van der Waals surface area contributed by atoms with Crippen molar-refractivity contribution in [3.05, 3.63) is 144 Å². The summed E-state index contributed by atoms with van der Waals surface area (Å²) in [6, 6.07) is 27.5. The zero-order chi connectivity index (χ0) is 31.7. The third-order valence-corrected chi connectivity index (χ3v) is 6.68. The Labute approximate surface area is 246 Å². The lowest BCUT2D eigenvalue weighted by Crippen LogP contribution is -2.15. The molecule has 226 valence electrons. The molecule has 5 aromatic carbocycles. The van der Waals surface area contributed by atoms with Gasteiger partial charge in [-0.15, -0.1) is 0 Å². The molecule has 0 aromatic heterocycles. The van der Waals surface area contributed by atoms with Gasteiger partial charge in [0.1, 0.15) is 0 Å². The van der Waals surface area contributed by atoms with Crippen LogP contribution < -0.4 is 9.80 Å². The Morgan fingerprint density at radius 2 is 0.568 bits per heavy atom. The number of para-hydroxylation sites is 1. The van der Waals surface area contributed by atoms with Crippen LogP contribution in [0.1, 0.15) is 16.7 Å². The predicted molar refractivity (Wildman–Crippen MR) is 151 cm³/mol. The third-order valence-electron chi connectivity index (χ3n) is 6.68. The van der Waals surface area contributed by atoms with Crippen molar-refractivity contribution in [1.29, 1.82) is 0 Å². The van der Waals surface area contributed by atoms with E-state index in [0.717, 1.165) is 48.5 Å². The molecule has 0 N–H and O–H groups in total. The van der Waals surface area contributed by atoms with Crippen LogP contribution in [0.2, 0.25) is 0 Å². The minimum absolute atomic E-state index is 0.0512. The van der Waals surface area contributed by atoms with E-state index in [4.69, 9.17) is 0 Å². The summed E-state index contributed by atoms with van der Waals surface area (Å²) in [4.78, 5) is 2.79. The van der Waals surface area contributed by atoms with Crippen molar-refractivity contribution in [3.8, 4) is 0 Å². The van der Waals surface area contributed by atoms with Crippen LogP contribution in [0.15, 0.2) is 127 Å². The van der Waals surface area contributed by atoms with Gasteiger partial charge < -0.3 is 9.80 Å². The van der Waals surface area contributed by atoms with Crippen LogP contribution in [-0.2, 0) is 18.5 Å². The Morgan fingerprint density at radius 3 is 0.886 bits per heavy atom.